The minimum absolute atomic E-state index is 0.151. The van der Waals surface area contributed by atoms with E-state index in [-0.39, 0.29) is 17.5 Å². The van der Waals surface area contributed by atoms with Crippen molar-refractivity contribution in [3.8, 4) is 11.6 Å². The number of aryl methyl sites for hydroxylation is 3. The molecule has 8 nitrogen and oxygen atoms in total. The third-order valence-electron chi connectivity index (χ3n) is 5.11. The average molecular weight is 394 g/mol. The fourth-order valence-corrected chi connectivity index (χ4v) is 3.37. The van der Waals surface area contributed by atoms with Crippen LogP contribution in [0.3, 0.4) is 0 Å². The van der Waals surface area contributed by atoms with Crippen LogP contribution in [0.25, 0.3) is 5.69 Å². The van der Waals surface area contributed by atoms with Gasteiger partial charge < -0.3 is 15.9 Å². The molecule has 2 aromatic heterocycles. The number of imidazole rings is 1. The first kappa shape index (κ1) is 20.3. The molecule has 0 fully saturated rings. The standard InChI is InChI=1S/C21H26N6O2/c1-14-6-4-5-7-17(14)8-9-25-13-20(28)27(21(25)29)18-10-24-26(11-18)12-19(15(2)22)16(3)23/h4-7,10-11,13,19,22-23,28H,8-9,12H2,1-3H3. The summed E-state index contributed by atoms with van der Waals surface area (Å²) >= 11 is 0. The Hall–Kier alpha value is -3.42. The maximum Gasteiger partial charge on any atom is 0.335 e. The zero-order valence-electron chi connectivity index (χ0n) is 16.9. The highest BCUT2D eigenvalue weighted by molar-refractivity contribution is 6.02. The second kappa shape index (κ2) is 8.30. The molecule has 3 rings (SSSR count). The van der Waals surface area contributed by atoms with E-state index in [1.165, 1.54) is 27.1 Å². The summed E-state index contributed by atoms with van der Waals surface area (Å²) in [5.74, 6) is -0.492. The molecule has 0 aliphatic heterocycles. The normalized spacial score (nSPS) is 12.1. The molecule has 29 heavy (non-hydrogen) atoms. The van der Waals surface area contributed by atoms with Crippen molar-refractivity contribution in [3.63, 3.8) is 0 Å². The average Bonchev–Trinajstić information content (AvgIpc) is 3.22. The summed E-state index contributed by atoms with van der Waals surface area (Å²) in [4.78, 5) is 12.8. The Morgan fingerprint density at radius 2 is 1.86 bits per heavy atom. The van der Waals surface area contributed by atoms with Gasteiger partial charge in [-0.1, -0.05) is 24.3 Å². The Bertz CT molecular complexity index is 1090. The minimum Gasteiger partial charge on any atom is -0.493 e. The van der Waals surface area contributed by atoms with Crippen molar-refractivity contribution < 1.29 is 5.11 Å². The lowest BCUT2D eigenvalue weighted by molar-refractivity contribution is 0.440. The fraction of sp³-hybridized carbons (Fsp3) is 0.333. The van der Waals surface area contributed by atoms with E-state index in [2.05, 4.69) is 5.10 Å². The first-order valence-electron chi connectivity index (χ1n) is 9.46. The fourth-order valence-electron chi connectivity index (χ4n) is 3.37. The number of nitrogens with one attached hydrogen (secondary N) is 2. The number of benzene rings is 1. The number of hydrogen-bond acceptors (Lipinski definition) is 5. The van der Waals surface area contributed by atoms with Crippen molar-refractivity contribution in [2.45, 2.75) is 40.3 Å². The van der Waals surface area contributed by atoms with Crippen LogP contribution in [-0.2, 0) is 19.5 Å². The highest BCUT2D eigenvalue weighted by Gasteiger charge is 2.17. The van der Waals surface area contributed by atoms with Gasteiger partial charge in [-0.2, -0.15) is 5.10 Å². The van der Waals surface area contributed by atoms with Crippen molar-refractivity contribution in [2.75, 3.05) is 0 Å². The Kier molecular flexibility index (Phi) is 5.81. The molecule has 0 bridgehead atoms. The molecule has 0 amide bonds. The van der Waals surface area contributed by atoms with Crippen molar-refractivity contribution in [1.82, 2.24) is 18.9 Å². The predicted molar refractivity (Wildman–Crippen MR) is 113 cm³/mol. The summed E-state index contributed by atoms with van der Waals surface area (Å²) in [5, 5.41) is 30.2. The van der Waals surface area contributed by atoms with Crippen LogP contribution in [0.1, 0.15) is 25.0 Å². The number of rotatable bonds is 8. The maximum absolute atomic E-state index is 12.8. The third-order valence-corrected chi connectivity index (χ3v) is 5.11. The zero-order valence-corrected chi connectivity index (χ0v) is 16.9. The van der Waals surface area contributed by atoms with E-state index in [0.717, 1.165) is 5.56 Å². The van der Waals surface area contributed by atoms with Crippen LogP contribution in [-0.4, -0.2) is 35.4 Å². The second-order valence-electron chi connectivity index (χ2n) is 7.31. The molecular weight excluding hydrogens is 368 g/mol. The maximum atomic E-state index is 12.8. The van der Waals surface area contributed by atoms with Gasteiger partial charge in [-0.3, -0.25) is 9.25 Å². The molecule has 0 saturated carbocycles. The molecule has 152 valence electrons. The number of aromatic hydroxyl groups is 1. The van der Waals surface area contributed by atoms with E-state index in [4.69, 9.17) is 10.8 Å². The summed E-state index contributed by atoms with van der Waals surface area (Å²) in [7, 11) is 0. The van der Waals surface area contributed by atoms with Gasteiger partial charge in [-0.05, 0) is 38.3 Å². The summed E-state index contributed by atoms with van der Waals surface area (Å²) in [6, 6.07) is 8.03. The predicted octanol–water partition coefficient (Wildman–Crippen LogP) is 2.79. The highest BCUT2D eigenvalue weighted by Crippen LogP contribution is 2.16. The molecular formula is C21H26N6O2. The van der Waals surface area contributed by atoms with E-state index in [9.17, 15) is 9.90 Å². The zero-order chi connectivity index (χ0) is 21.1. The minimum atomic E-state index is -0.341. The lowest BCUT2D eigenvalue weighted by Gasteiger charge is -2.14. The van der Waals surface area contributed by atoms with Crippen molar-refractivity contribution in [1.29, 1.82) is 10.8 Å². The largest absolute Gasteiger partial charge is 0.493 e. The first-order chi connectivity index (χ1) is 13.8. The molecule has 3 aromatic rings. The number of aromatic nitrogens is 4. The van der Waals surface area contributed by atoms with E-state index < -0.39 is 0 Å². The lowest BCUT2D eigenvalue weighted by Crippen LogP contribution is -2.25. The molecule has 0 radical (unpaired) electrons. The van der Waals surface area contributed by atoms with Crippen molar-refractivity contribution in [2.24, 2.45) is 5.92 Å². The Morgan fingerprint density at radius 3 is 2.52 bits per heavy atom. The summed E-state index contributed by atoms with van der Waals surface area (Å²) < 4.78 is 4.29. The van der Waals surface area contributed by atoms with Gasteiger partial charge in [0.25, 0.3) is 0 Å². The smallest absolute Gasteiger partial charge is 0.335 e. The third kappa shape index (κ3) is 4.37. The summed E-state index contributed by atoms with van der Waals surface area (Å²) in [5.41, 5.74) is 3.22. The highest BCUT2D eigenvalue weighted by atomic mass is 16.3. The van der Waals surface area contributed by atoms with Crippen LogP contribution >= 0.6 is 0 Å². The van der Waals surface area contributed by atoms with Gasteiger partial charge in [-0.25, -0.2) is 9.36 Å². The van der Waals surface area contributed by atoms with Crippen LogP contribution in [0.2, 0.25) is 0 Å². The summed E-state index contributed by atoms with van der Waals surface area (Å²) in [6.07, 6.45) is 5.27. The van der Waals surface area contributed by atoms with Crippen molar-refractivity contribution in [3.05, 3.63) is 64.5 Å². The van der Waals surface area contributed by atoms with E-state index >= 15 is 0 Å². The van der Waals surface area contributed by atoms with Crippen LogP contribution in [0.4, 0.5) is 0 Å². The SMILES string of the molecule is CC(=N)C(Cn1cc(-n2c(O)cn(CCc3ccccc3C)c2=O)cn1)C(C)=N. The van der Waals surface area contributed by atoms with E-state index in [1.807, 2.05) is 31.2 Å². The second-order valence-corrected chi connectivity index (χ2v) is 7.31. The van der Waals surface area contributed by atoms with E-state index in [1.54, 1.807) is 24.7 Å². The monoisotopic (exact) mass is 394 g/mol. The molecule has 8 heteroatoms. The quantitative estimate of drug-likeness (QED) is 0.511. The topological polar surface area (TPSA) is 113 Å². The molecule has 0 saturated heterocycles. The van der Waals surface area contributed by atoms with Crippen LogP contribution in [0.5, 0.6) is 5.88 Å². The molecule has 0 atom stereocenters. The Morgan fingerprint density at radius 1 is 1.17 bits per heavy atom. The molecule has 3 N–H and O–H groups in total. The Balaban J connectivity index is 1.81. The number of nitrogens with zero attached hydrogens (tertiary/aromatic N) is 4. The lowest BCUT2D eigenvalue weighted by atomic mass is 10.00. The van der Waals surface area contributed by atoms with Crippen LogP contribution in [0, 0.1) is 23.7 Å². The first-order valence-corrected chi connectivity index (χ1v) is 9.46. The molecule has 1 aromatic carbocycles. The van der Waals surface area contributed by atoms with Gasteiger partial charge in [0.05, 0.1) is 30.5 Å². The molecule has 0 spiro atoms. The van der Waals surface area contributed by atoms with Gasteiger partial charge in [0.15, 0.2) is 0 Å². The van der Waals surface area contributed by atoms with Crippen LogP contribution in [0.15, 0.2) is 47.7 Å². The van der Waals surface area contributed by atoms with Gasteiger partial charge in [-0.15, -0.1) is 0 Å². The molecule has 0 aliphatic carbocycles. The van der Waals surface area contributed by atoms with Gasteiger partial charge >= 0.3 is 5.69 Å². The summed E-state index contributed by atoms with van der Waals surface area (Å²) in [6.45, 7) is 6.17. The molecule has 0 aliphatic rings. The molecule has 2 heterocycles. The van der Waals surface area contributed by atoms with Crippen LogP contribution < -0.4 is 5.69 Å². The van der Waals surface area contributed by atoms with Gasteiger partial charge in [0, 0.05) is 24.2 Å². The Labute approximate surface area is 169 Å². The van der Waals surface area contributed by atoms with Gasteiger partial charge in [0.2, 0.25) is 5.88 Å². The molecule has 0 unspecified atom stereocenters. The van der Waals surface area contributed by atoms with Crippen molar-refractivity contribution >= 4 is 11.4 Å². The van der Waals surface area contributed by atoms with E-state index in [0.29, 0.717) is 36.6 Å². The van der Waals surface area contributed by atoms with Gasteiger partial charge in [0.1, 0.15) is 0 Å². The number of hydrogen-bond donors (Lipinski definition) is 3.